The van der Waals surface area contributed by atoms with Crippen LogP contribution in [0.4, 0.5) is 0 Å². The Balaban J connectivity index is 2.57. The minimum atomic E-state index is -1.78. The van der Waals surface area contributed by atoms with Gasteiger partial charge in [0.25, 0.3) is 0 Å². The number of rotatable bonds is 3. The van der Waals surface area contributed by atoms with E-state index in [9.17, 15) is 4.79 Å². The molecule has 1 heterocycles. The Bertz CT molecular complexity index is 322. The fraction of sp³-hybridized carbons (Fsp3) is 0.929. The Morgan fingerprint density at radius 2 is 1.84 bits per heavy atom. The highest BCUT2D eigenvalue weighted by molar-refractivity contribution is 6.74. The van der Waals surface area contributed by atoms with Gasteiger partial charge in [-0.1, -0.05) is 20.8 Å². The van der Waals surface area contributed by atoms with Gasteiger partial charge in [-0.25, -0.2) is 0 Å². The van der Waals surface area contributed by atoms with Crippen LogP contribution < -0.4 is 0 Å². The molecule has 1 aliphatic heterocycles. The summed E-state index contributed by atoms with van der Waals surface area (Å²) in [7, 11) is -1.78. The van der Waals surface area contributed by atoms with Crippen molar-refractivity contribution in [3.63, 3.8) is 0 Å². The molecule has 19 heavy (non-hydrogen) atoms. The van der Waals surface area contributed by atoms with Crippen LogP contribution in [0.1, 0.15) is 47.5 Å². The second-order valence-electron chi connectivity index (χ2n) is 6.87. The van der Waals surface area contributed by atoms with Gasteiger partial charge in [0.2, 0.25) is 6.29 Å². The van der Waals surface area contributed by atoms with E-state index in [1.54, 1.807) is 0 Å². The Kier molecular flexibility index (Phi) is 5.20. The van der Waals surface area contributed by atoms with E-state index in [4.69, 9.17) is 13.9 Å². The van der Waals surface area contributed by atoms with Gasteiger partial charge in [0.15, 0.2) is 8.32 Å². The molecule has 0 aromatic carbocycles. The van der Waals surface area contributed by atoms with Gasteiger partial charge in [-0.2, -0.15) is 0 Å². The van der Waals surface area contributed by atoms with E-state index in [-0.39, 0.29) is 23.2 Å². The molecule has 0 saturated carbocycles. The monoisotopic (exact) mass is 288 g/mol. The highest BCUT2D eigenvalue weighted by Gasteiger charge is 2.42. The summed E-state index contributed by atoms with van der Waals surface area (Å²) in [6.45, 7) is 14.6. The first kappa shape index (κ1) is 16.7. The van der Waals surface area contributed by atoms with Crippen LogP contribution in [0, 0.1) is 0 Å². The third-order valence-corrected chi connectivity index (χ3v) is 8.63. The first-order valence-electron chi connectivity index (χ1n) is 7.03. The van der Waals surface area contributed by atoms with E-state index >= 15 is 0 Å². The molecule has 112 valence electrons. The quantitative estimate of drug-likeness (QED) is 0.589. The van der Waals surface area contributed by atoms with Crippen LogP contribution in [0.25, 0.3) is 0 Å². The van der Waals surface area contributed by atoms with Crippen LogP contribution >= 0.6 is 0 Å². The summed E-state index contributed by atoms with van der Waals surface area (Å²) in [5.74, 6) is -0.291. The van der Waals surface area contributed by atoms with E-state index in [1.165, 1.54) is 6.92 Å². The van der Waals surface area contributed by atoms with Gasteiger partial charge < -0.3 is 13.9 Å². The van der Waals surface area contributed by atoms with Crippen LogP contribution in [0.3, 0.4) is 0 Å². The lowest BCUT2D eigenvalue weighted by atomic mass is 10.1. The van der Waals surface area contributed by atoms with Gasteiger partial charge in [-0.3, -0.25) is 4.79 Å². The van der Waals surface area contributed by atoms with Crippen LogP contribution in [0.5, 0.6) is 0 Å². The van der Waals surface area contributed by atoms with Crippen molar-refractivity contribution in [2.45, 2.75) is 84.1 Å². The Labute approximate surface area is 117 Å². The summed E-state index contributed by atoms with van der Waals surface area (Å²) in [6.07, 6.45) is 1.25. The molecule has 1 saturated heterocycles. The molecule has 0 aliphatic carbocycles. The van der Waals surface area contributed by atoms with E-state index in [0.717, 1.165) is 6.42 Å². The van der Waals surface area contributed by atoms with Crippen molar-refractivity contribution in [2.75, 3.05) is 0 Å². The predicted molar refractivity (Wildman–Crippen MR) is 77.4 cm³/mol. The molecule has 5 heteroatoms. The SMILES string of the molecule is CC(=O)O[C@@H]1CC[C@H](O[Si](C)(C)C(C)(C)C)[C@H](C)O1. The standard InChI is InChI=1S/C14H28O4Si/c1-10-12(18-19(6,7)14(3,4)5)8-9-13(16-10)17-11(2)15/h10,12-13H,8-9H2,1-7H3/t10-,12-,13+/m0/s1. The summed E-state index contributed by atoms with van der Waals surface area (Å²) >= 11 is 0. The largest absolute Gasteiger partial charge is 0.436 e. The first-order valence-corrected chi connectivity index (χ1v) is 9.94. The number of carbonyl (C=O) groups excluding carboxylic acids is 1. The lowest BCUT2D eigenvalue weighted by molar-refractivity contribution is -0.214. The number of carbonyl (C=O) groups is 1. The molecule has 0 spiro atoms. The summed E-state index contributed by atoms with van der Waals surface area (Å²) in [6, 6.07) is 0. The van der Waals surface area contributed by atoms with Crippen LogP contribution in [-0.2, 0) is 18.7 Å². The zero-order valence-corrected chi connectivity index (χ0v) is 14.3. The van der Waals surface area contributed by atoms with Gasteiger partial charge in [0.1, 0.15) is 0 Å². The van der Waals surface area contributed by atoms with Crippen molar-refractivity contribution >= 4 is 14.3 Å². The van der Waals surface area contributed by atoms with Crippen LogP contribution in [0.15, 0.2) is 0 Å². The van der Waals surface area contributed by atoms with Crippen molar-refractivity contribution in [1.82, 2.24) is 0 Å². The second-order valence-corrected chi connectivity index (χ2v) is 11.6. The summed E-state index contributed by atoms with van der Waals surface area (Å²) in [4.78, 5) is 10.9. The van der Waals surface area contributed by atoms with Gasteiger partial charge in [0.05, 0.1) is 12.2 Å². The van der Waals surface area contributed by atoms with Crippen molar-refractivity contribution < 1.29 is 18.7 Å². The van der Waals surface area contributed by atoms with Crippen molar-refractivity contribution in [2.24, 2.45) is 0 Å². The third kappa shape index (κ3) is 4.58. The molecule has 0 aromatic rings. The highest BCUT2D eigenvalue weighted by atomic mass is 28.4. The van der Waals surface area contributed by atoms with Crippen LogP contribution in [-0.4, -0.2) is 32.8 Å². The second kappa shape index (κ2) is 5.93. The molecule has 3 atom stereocenters. The van der Waals surface area contributed by atoms with E-state index in [1.807, 2.05) is 6.92 Å². The highest BCUT2D eigenvalue weighted by Crippen LogP contribution is 2.39. The van der Waals surface area contributed by atoms with Gasteiger partial charge >= 0.3 is 5.97 Å². The summed E-state index contributed by atoms with van der Waals surface area (Å²) in [5.41, 5.74) is 0. The number of hydrogen-bond donors (Lipinski definition) is 0. The fourth-order valence-corrected chi connectivity index (χ4v) is 3.33. The van der Waals surface area contributed by atoms with E-state index in [2.05, 4.69) is 33.9 Å². The van der Waals surface area contributed by atoms with Crippen molar-refractivity contribution in [3.8, 4) is 0 Å². The molecule has 0 N–H and O–H groups in total. The fourth-order valence-electron chi connectivity index (χ4n) is 1.91. The molecule has 1 fully saturated rings. The number of ether oxygens (including phenoxy) is 2. The lowest BCUT2D eigenvalue weighted by Crippen LogP contribution is -2.49. The molecular formula is C14H28O4Si. The molecule has 0 amide bonds. The molecule has 4 nitrogen and oxygen atoms in total. The van der Waals surface area contributed by atoms with Gasteiger partial charge in [0, 0.05) is 13.3 Å². The van der Waals surface area contributed by atoms with Gasteiger partial charge in [-0.05, 0) is 31.5 Å². The average Bonchev–Trinajstić information content (AvgIpc) is 2.19. The summed E-state index contributed by atoms with van der Waals surface area (Å²) < 4.78 is 17.2. The molecule has 0 radical (unpaired) electrons. The maximum Gasteiger partial charge on any atom is 0.304 e. The molecule has 1 rings (SSSR count). The number of esters is 1. The Hall–Kier alpha value is -0.393. The first-order chi connectivity index (χ1) is 8.53. The lowest BCUT2D eigenvalue weighted by Gasteiger charge is -2.43. The third-order valence-electron chi connectivity index (χ3n) is 4.13. The topological polar surface area (TPSA) is 44.8 Å². The minimum Gasteiger partial charge on any atom is -0.436 e. The zero-order valence-electron chi connectivity index (χ0n) is 13.3. The molecular weight excluding hydrogens is 260 g/mol. The van der Waals surface area contributed by atoms with Crippen molar-refractivity contribution in [1.29, 1.82) is 0 Å². The normalized spacial score (nSPS) is 29.1. The summed E-state index contributed by atoms with van der Waals surface area (Å²) in [5, 5.41) is 0.194. The molecule has 0 aromatic heterocycles. The van der Waals surface area contributed by atoms with E-state index < -0.39 is 14.6 Å². The molecule has 0 unspecified atom stereocenters. The Morgan fingerprint density at radius 3 is 2.26 bits per heavy atom. The minimum absolute atomic E-state index is 0.0350. The predicted octanol–water partition coefficient (Wildman–Crippen LogP) is 3.46. The molecule has 0 bridgehead atoms. The Morgan fingerprint density at radius 1 is 1.26 bits per heavy atom. The smallest absolute Gasteiger partial charge is 0.304 e. The van der Waals surface area contributed by atoms with Gasteiger partial charge in [-0.15, -0.1) is 0 Å². The molecule has 1 aliphatic rings. The zero-order chi connectivity index (χ0) is 14.8. The van der Waals surface area contributed by atoms with Crippen molar-refractivity contribution in [3.05, 3.63) is 0 Å². The van der Waals surface area contributed by atoms with Crippen LogP contribution in [0.2, 0.25) is 18.1 Å². The van der Waals surface area contributed by atoms with E-state index in [0.29, 0.717) is 6.42 Å². The maximum atomic E-state index is 10.9. The average molecular weight is 288 g/mol. The maximum absolute atomic E-state index is 10.9. The number of hydrogen-bond acceptors (Lipinski definition) is 4.